The summed E-state index contributed by atoms with van der Waals surface area (Å²) in [5.41, 5.74) is 1.26. The van der Waals surface area contributed by atoms with Crippen molar-refractivity contribution in [1.82, 2.24) is 10.2 Å². The van der Waals surface area contributed by atoms with Crippen molar-refractivity contribution in [3.05, 3.63) is 75.8 Å². The van der Waals surface area contributed by atoms with Crippen molar-refractivity contribution in [2.75, 3.05) is 7.05 Å². The molecule has 1 aliphatic heterocycles. The minimum Gasteiger partial charge on any atom is -0.322 e. The fourth-order valence-electron chi connectivity index (χ4n) is 3.12. The number of nitro benzene ring substituents is 1. The highest BCUT2D eigenvalue weighted by Gasteiger charge is 2.46. The third-order valence-electron chi connectivity index (χ3n) is 4.68. The van der Waals surface area contributed by atoms with Gasteiger partial charge in [-0.25, -0.2) is 0 Å². The van der Waals surface area contributed by atoms with Crippen LogP contribution in [0.2, 0.25) is 0 Å². The number of rotatable bonds is 4. The van der Waals surface area contributed by atoms with Gasteiger partial charge in [0.1, 0.15) is 5.66 Å². The molecule has 0 bridgehead atoms. The number of carbonyl (C=O) groups excluding carboxylic acids is 1. The monoisotopic (exact) mass is 325 g/mol. The topological polar surface area (TPSA) is 75.5 Å². The third-order valence-corrected chi connectivity index (χ3v) is 4.68. The number of benzene rings is 2. The molecule has 124 valence electrons. The van der Waals surface area contributed by atoms with Crippen LogP contribution in [0.1, 0.15) is 18.1 Å². The van der Waals surface area contributed by atoms with Crippen LogP contribution >= 0.6 is 0 Å². The maximum Gasteiger partial charge on any atom is 0.269 e. The molecule has 6 heteroatoms. The van der Waals surface area contributed by atoms with E-state index in [2.05, 4.69) is 5.32 Å². The fraction of sp³-hybridized carbons (Fsp3) is 0.278. The van der Waals surface area contributed by atoms with Gasteiger partial charge in [0.2, 0.25) is 5.91 Å². The van der Waals surface area contributed by atoms with Crippen molar-refractivity contribution >= 4 is 11.6 Å². The Bertz CT molecular complexity index is 761. The summed E-state index contributed by atoms with van der Waals surface area (Å²) < 4.78 is 0. The highest BCUT2D eigenvalue weighted by atomic mass is 16.6. The van der Waals surface area contributed by atoms with E-state index < -0.39 is 10.6 Å². The predicted molar refractivity (Wildman–Crippen MR) is 90.3 cm³/mol. The SMILES string of the molecule is CN1C(=O)[C@H](Cc2ccccc2)N[C@@]1(C)c1ccc([N+](=O)[O-])cc1. The quantitative estimate of drug-likeness (QED) is 0.692. The minimum atomic E-state index is -0.689. The number of non-ortho nitro benzene ring substituents is 1. The molecule has 0 radical (unpaired) electrons. The van der Waals surface area contributed by atoms with E-state index in [4.69, 9.17) is 0 Å². The summed E-state index contributed by atoms with van der Waals surface area (Å²) in [7, 11) is 1.75. The number of amides is 1. The second-order valence-electron chi connectivity index (χ2n) is 6.16. The standard InChI is InChI=1S/C18H19N3O3/c1-18(14-8-10-15(11-9-14)21(23)24)19-16(17(22)20(18)2)12-13-6-4-3-5-7-13/h3-11,16,19H,12H2,1-2H3/t16-,18+/m0/s1. The molecule has 6 nitrogen and oxygen atoms in total. The molecule has 1 fully saturated rings. The van der Waals surface area contributed by atoms with E-state index >= 15 is 0 Å². The molecule has 0 aliphatic carbocycles. The number of carbonyl (C=O) groups is 1. The van der Waals surface area contributed by atoms with Crippen LogP contribution in [-0.4, -0.2) is 28.8 Å². The summed E-state index contributed by atoms with van der Waals surface area (Å²) in [4.78, 5) is 24.7. The largest absolute Gasteiger partial charge is 0.322 e. The lowest BCUT2D eigenvalue weighted by molar-refractivity contribution is -0.384. The zero-order valence-corrected chi connectivity index (χ0v) is 13.6. The summed E-state index contributed by atoms with van der Waals surface area (Å²) >= 11 is 0. The number of nitro groups is 1. The number of hydrogen-bond donors (Lipinski definition) is 1. The molecule has 0 unspecified atom stereocenters. The lowest BCUT2D eigenvalue weighted by Crippen LogP contribution is -2.45. The fourth-order valence-corrected chi connectivity index (χ4v) is 3.12. The van der Waals surface area contributed by atoms with Gasteiger partial charge in [-0.15, -0.1) is 0 Å². The Morgan fingerprint density at radius 3 is 2.38 bits per heavy atom. The first-order valence-corrected chi connectivity index (χ1v) is 7.76. The number of nitrogens with zero attached hydrogens (tertiary/aromatic N) is 2. The van der Waals surface area contributed by atoms with E-state index in [1.165, 1.54) is 12.1 Å². The van der Waals surface area contributed by atoms with Crippen molar-refractivity contribution < 1.29 is 9.72 Å². The number of nitrogens with one attached hydrogen (secondary N) is 1. The zero-order chi connectivity index (χ0) is 17.3. The lowest BCUT2D eigenvalue weighted by atomic mass is 10.0. The molecule has 2 aromatic carbocycles. The Morgan fingerprint density at radius 2 is 1.79 bits per heavy atom. The average molecular weight is 325 g/mol. The highest BCUT2D eigenvalue weighted by molar-refractivity contribution is 5.85. The summed E-state index contributed by atoms with van der Waals surface area (Å²) in [6, 6.07) is 15.8. The van der Waals surface area contributed by atoms with E-state index in [0.29, 0.717) is 6.42 Å². The molecule has 0 spiro atoms. The van der Waals surface area contributed by atoms with Gasteiger partial charge in [0.05, 0.1) is 11.0 Å². The maximum absolute atomic E-state index is 12.6. The van der Waals surface area contributed by atoms with Gasteiger partial charge in [0.25, 0.3) is 5.69 Å². The molecular weight excluding hydrogens is 306 g/mol. The molecule has 1 saturated heterocycles. The molecule has 1 amide bonds. The minimum absolute atomic E-state index is 0.0136. The van der Waals surface area contributed by atoms with Gasteiger partial charge < -0.3 is 4.90 Å². The Kier molecular flexibility index (Phi) is 4.07. The molecule has 1 N–H and O–H groups in total. The molecule has 1 heterocycles. The van der Waals surface area contributed by atoms with Gasteiger partial charge in [-0.3, -0.25) is 20.2 Å². The van der Waals surface area contributed by atoms with Crippen LogP contribution in [-0.2, 0) is 16.9 Å². The van der Waals surface area contributed by atoms with Crippen LogP contribution in [0.5, 0.6) is 0 Å². The van der Waals surface area contributed by atoms with Crippen LogP contribution in [0.3, 0.4) is 0 Å². The van der Waals surface area contributed by atoms with Crippen LogP contribution in [0.15, 0.2) is 54.6 Å². The van der Waals surface area contributed by atoms with Gasteiger partial charge in [-0.05, 0) is 36.6 Å². The van der Waals surface area contributed by atoms with Crippen LogP contribution in [0.4, 0.5) is 5.69 Å². The van der Waals surface area contributed by atoms with E-state index in [1.807, 2.05) is 37.3 Å². The van der Waals surface area contributed by atoms with Crippen LogP contribution in [0, 0.1) is 10.1 Å². The third kappa shape index (κ3) is 2.76. The number of likely N-dealkylation sites (N-methyl/N-ethyl adjacent to an activating group) is 1. The zero-order valence-electron chi connectivity index (χ0n) is 13.6. The van der Waals surface area contributed by atoms with Crippen molar-refractivity contribution in [3.63, 3.8) is 0 Å². The molecular formula is C18H19N3O3. The van der Waals surface area contributed by atoms with Gasteiger partial charge in [-0.2, -0.15) is 0 Å². The normalized spacial score (nSPS) is 23.5. The van der Waals surface area contributed by atoms with Crippen molar-refractivity contribution in [3.8, 4) is 0 Å². The van der Waals surface area contributed by atoms with Crippen molar-refractivity contribution in [2.24, 2.45) is 0 Å². The smallest absolute Gasteiger partial charge is 0.269 e. The number of hydrogen-bond acceptors (Lipinski definition) is 4. The average Bonchev–Trinajstić information content (AvgIpc) is 2.81. The van der Waals surface area contributed by atoms with E-state index in [-0.39, 0.29) is 17.6 Å². The lowest BCUT2D eigenvalue weighted by Gasteiger charge is -2.32. The van der Waals surface area contributed by atoms with Crippen LogP contribution < -0.4 is 5.32 Å². The molecule has 2 aromatic rings. The second-order valence-corrected chi connectivity index (χ2v) is 6.16. The van der Waals surface area contributed by atoms with Gasteiger partial charge in [0.15, 0.2) is 0 Å². The van der Waals surface area contributed by atoms with E-state index in [0.717, 1.165) is 11.1 Å². The molecule has 1 aliphatic rings. The van der Waals surface area contributed by atoms with E-state index in [9.17, 15) is 14.9 Å². The first-order chi connectivity index (χ1) is 11.4. The van der Waals surface area contributed by atoms with Crippen LogP contribution in [0.25, 0.3) is 0 Å². The first kappa shape index (κ1) is 16.1. The van der Waals surface area contributed by atoms with Crippen molar-refractivity contribution in [1.29, 1.82) is 0 Å². The van der Waals surface area contributed by atoms with Gasteiger partial charge >= 0.3 is 0 Å². The Hall–Kier alpha value is -2.73. The summed E-state index contributed by atoms with van der Waals surface area (Å²) in [5.74, 6) is 0.0136. The van der Waals surface area contributed by atoms with Gasteiger partial charge in [-0.1, -0.05) is 30.3 Å². The highest BCUT2D eigenvalue weighted by Crippen LogP contribution is 2.32. The van der Waals surface area contributed by atoms with Gasteiger partial charge in [0, 0.05) is 19.2 Å². The van der Waals surface area contributed by atoms with Crippen molar-refractivity contribution in [2.45, 2.75) is 25.0 Å². The van der Waals surface area contributed by atoms with E-state index in [1.54, 1.807) is 24.1 Å². The molecule has 2 atom stereocenters. The Balaban J connectivity index is 1.85. The molecule has 24 heavy (non-hydrogen) atoms. The maximum atomic E-state index is 12.6. The molecule has 0 aromatic heterocycles. The Labute approximate surface area is 140 Å². The summed E-state index contributed by atoms with van der Waals surface area (Å²) in [6.45, 7) is 1.91. The summed E-state index contributed by atoms with van der Waals surface area (Å²) in [6.07, 6.45) is 0.604. The molecule has 3 rings (SSSR count). The predicted octanol–water partition coefficient (Wildman–Crippen LogP) is 2.44. The second kappa shape index (κ2) is 6.05. The first-order valence-electron chi connectivity index (χ1n) is 7.76. The molecule has 0 saturated carbocycles. The summed E-state index contributed by atoms with van der Waals surface area (Å²) in [5, 5.41) is 14.2. The Morgan fingerprint density at radius 1 is 1.17 bits per heavy atom.